The molecule has 1 aromatic carbocycles. The van der Waals surface area contributed by atoms with Crippen molar-refractivity contribution in [1.29, 1.82) is 0 Å². The van der Waals surface area contributed by atoms with Crippen LogP contribution in [0.5, 0.6) is 5.75 Å². The summed E-state index contributed by atoms with van der Waals surface area (Å²) in [5.74, 6) is 0.264. The van der Waals surface area contributed by atoms with Gasteiger partial charge in [0.25, 0.3) is 0 Å². The smallest absolute Gasteiger partial charge is 0.171 e. The molecular weight excluding hydrogens is 255 g/mol. The van der Waals surface area contributed by atoms with Crippen LogP contribution >= 0.6 is 11.6 Å². The molecule has 5 heteroatoms. The summed E-state index contributed by atoms with van der Waals surface area (Å²) >= 11 is 6.14. The number of nitrogens with zero attached hydrogens (tertiary/aromatic N) is 1. The maximum absolute atomic E-state index is 14.3. The Morgan fingerprint density at radius 2 is 2.28 bits per heavy atom. The molecule has 0 amide bonds. The van der Waals surface area contributed by atoms with Gasteiger partial charge in [0.05, 0.1) is 7.11 Å². The van der Waals surface area contributed by atoms with E-state index in [-0.39, 0.29) is 17.6 Å². The van der Waals surface area contributed by atoms with Crippen LogP contribution in [0.4, 0.5) is 4.39 Å². The van der Waals surface area contributed by atoms with Crippen molar-refractivity contribution in [2.75, 3.05) is 27.2 Å². The standard InChI is InChI=1S/C13H18ClFN2O/c1-17-7-8(6-16)5-10(17)12-9(14)3-4-11(18-2)13(12)15/h3-4,8,10H,5-7,16H2,1-2H3. The molecule has 0 bridgehead atoms. The summed E-state index contributed by atoms with van der Waals surface area (Å²) in [6.45, 7) is 1.48. The van der Waals surface area contributed by atoms with E-state index in [1.54, 1.807) is 12.1 Å². The first kappa shape index (κ1) is 13.6. The molecule has 0 radical (unpaired) electrons. The molecule has 3 nitrogen and oxygen atoms in total. The molecule has 1 heterocycles. The minimum atomic E-state index is -0.362. The fourth-order valence-corrected chi connectivity index (χ4v) is 2.90. The summed E-state index contributed by atoms with van der Waals surface area (Å²) in [7, 11) is 3.42. The van der Waals surface area contributed by atoms with Crippen LogP contribution in [0.1, 0.15) is 18.0 Å². The van der Waals surface area contributed by atoms with Gasteiger partial charge in [-0.25, -0.2) is 4.39 Å². The molecule has 2 unspecified atom stereocenters. The van der Waals surface area contributed by atoms with Gasteiger partial charge < -0.3 is 10.5 Å². The third-order valence-corrected chi connectivity index (χ3v) is 3.94. The highest BCUT2D eigenvalue weighted by Gasteiger charge is 2.33. The molecule has 1 aromatic rings. The van der Waals surface area contributed by atoms with Crippen LogP contribution < -0.4 is 10.5 Å². The van der Waals surface area contributed by atoms with E-state index < -0.39 is 0 Å². The van der Waals surface area contributed by atoms with E-state index in [1.165, 1.54) is 7.11 Å². The largest absolute Gasteiger partial charge is 0.494 e. The van der Waals surface area contributed by atoms with Crippen molar-refractivity contribution in [2.24, 2.45) is 11.7 Å². The molecule has 0 spiro atoms. The van der Waals surface area contributed by atoms with Crippen LogP contribution in [0.2, 0.25) is 5.02 Å². The number of benzene rings is 1. The van der Waals surface area contributed by atoms with Gasteiger partial charge in [-0.1, -0.05) is 11.6 Å². The van der Waals surface area contributed by atoms with Gasteiger partial charge in [0.15, 0.2) is 11.6 Å². The zero-order chi connectivity index (χ0) is 13.3. The van der Waals surface area contributed by atoms with Gasteiger partial charge in [0.2, 0.25) is 0 Å². The van der Waals surface area contributed by atoms with Gasteiger partial charge in [-0.2, -0.15) is 0 Å². The maximum Gasteiger partial charge on any atom is 0.171 e. The van der Waals surface area contributed by atoms with Crippen LogP contribution in [0.3, 0.4) is 0 Å². The lowest BCUT2D eigenvalue weighted by molar-refractivity contribution is 0.302. The van der Waals surface area contributed by atoms with Crippen LogP contribution in [0.15, 0.2) is 12.1 Å². The number of rotatable bonds is 3. The predicted octanol–water partition coefficient (Wildman–Crippen LogP) is 2.44. The fraction of sp³-hybridized carbons (Fsp3) is 0.538. The minimum absolute atomic E-state index is 0.0267. The molecule has 1 aliphatic rings. The fourth-order valence-electron chi connectivity index (χ4n) is 2.63. The quantitative estimate of drug-likeness (QED) is 0.919. The van der Waals surface area contributed by atoms with E-state index in [4.69, 9.17) is 22.1 Å². The molecule has 0 saturated carbocycles. The average molecular weight is 273 g/mol. The lowest BCUT2D eigenvalue weighted by Gasteiger charge is -2.22. The van der Waals surface area contributed by atoms with Gasteiger partial charge >= 0.3 is 0 Å². The van der Waals surface area contributed by atoms with Crippen molar-refractivity contribution in [2.45, 2.75) is 12.5 Å². The van der Waals surface area contributed by atoms with Crippen molar-refractivity contribution in [3.63, 3.8) is 0 Å². The van der Waals surface area contributed by atoms with Gasteiger partial charge in [0.1, 0.15) is 0 Å². The molecule has 1 saturated heterocycles. The highest BCUT2D eigenvalue weighted by molar-refractivity contribution is 6.31. The Balaban J connectivity index is 2.38. The van der Waals surface area contributed by atoms with Gasteiger partial charge in [-0.15, -0.1) is 0 Å². The molecule has 0 aromatic heterocycles. The van der Waals surface area contributed by atoms with Crippen LogP contribution in [0, 0.1) is 11.7 Å². The van der Waals surface area contributed by atoms with E-state index in [0.29, 0.717) is 23.0 Å². The van der Waals surface area contributed by atoms with Gasteiger partial charge in [-0.05, 0) is 38.1 Å². The van der Waals surface area contributed by atoms with E-state index in [9.17, 15) is 4.39 Å². The summed E-state index contributed by atoms with van der Waals surface area (Å²) in [5, 5.41) is 0.447. The van der Waals surface area contributed by atoms with Crippen LogP contribution in [0.25, 0.3) is 0 Å². The number of likely N-dealkylation sites (tertiary alicyclic amines) is 1. The molecule has 1 fully saturated rings. The Hall–Kier alpha value is -0.840. The Morgan fingerprint density at radius 3 is 2.83 bits per heavy atom. The average Bonchev–Trinajstić information content (AvgIpc) is 2.71. The minimum Gasteiger partial charge on any atom is -0.494 e. The topological polar surface area (TPSA) is 38.5 Å². The number of halogens is 2. The molecule has 0 aliphatic carbocycles. The Labute approximate surface area is 112 Å². The highest BCUT2D eigenvalue weighted by atomic mass is 35.5. The monoisotopic (exact) mass is 272 g/mol. The second kappa shape index (κ2) is 5.43. The lowest BCUT2D eigenvalue weighted by Crippen LogP contribution is -2.21. The number of nitrogens with two attached hydrogens (primary N) is 1. The van der Waals surface area contributed by atoms with E-state index >= 15 is 0 Å². The molecular formula is C13H18ClFN2O. The number of hydrogen-bond acceptors (Lipinski definition) is 3. The van der Waals surface area contributed by atoms with Crippen molar-refractivity contribution in [1.82, 2.24) is 4.90 Å². The van der Waals surface area contributed by atoms with E-state index in [0.717, 1.165) is 13.0 Å². The van der Waals surface area contributed by atoms with Crippen molar-refractivity contribution >= 4 is 11.6 Å². The van der Waals surface area contributed by atoms with Gasteiger partial charge in [0, 0.05) is 23.2 Å². The summed E-state index contributed by atoms with van der Waals surface area (Å²) in [6.07, 6.45) is 0.830. The molecule has 1 aliphatic heterocycles. The van der Waals surface area contributed by atoms with Crippen molar-refractivity contribution < 1.29 is 9.13 Å². The maximum atomic E-state index is 14.3. The van der Waals surface area contributed by atoms with Gasteiger partial charge in [-0.3, -0.25) is 4.90 Å². The predicted molar refractivity (Wildman–Crippen MR) is 70.5 cm³/mol. The Bertz CT molecular complexity index is 441. The Morgan fingerprint density at radius 1 is 1.56 bits per heavy atom. The second-order valence-electron chi connectivity index (χ2n) is 4.77. The van der Waals surface area contributed by atoms with Crippen LogP contribution in [-0.4, -0.2) is 32.1 Å². The van der Waals surface area contributed by atoms with Crippen LogP contribution in [-0.2, 0) is 0 Å². The molecule has 2 N–H and O–H groups in total. The third kappa shape index (κ3) is 2.32. The van der Waals surface area contributed by atoms with Crippen molar-refractivity contribution in [3.8, 4) is 5.75 Å². The highest BCUT2D eigenvalue weighted by Crippen LogP contribution is 2.40. The Kier molecular flexibility index (Phi) is 4.10. The third-order valence-electron chi connectivity index (χ3n) is 3.61. The second-order valence-corrected chi connectivity index (χ2v) is 5.18. The summed E-state index contributed by atoms with van der Waals surface area (Å²) in [6, 6.07) is 3.21. The zero-order valence-electron chi connectivity index (χ0n) is 10.6. The van der Waals surface area contributed by atoms with E-state index in [1.807, 2.05) is 7.05 Å². The first-order valence-electron chi connectivity index (χ1n) is 6.00. The molecule has 100 valence electrons. The number of ether oxygens (including phenoxy) is 1. The lowest BCUT2D eigenvalue weighted by atomic mass is 9.99. The molecule has 2 rings (SSSR count). The number of hydrogen-bond donors (Lipinski definition) is 1. The SMILES string of the molecule is COc1ccc(Cl)c(C2CC(CN)CN2C)c1F. The number of methoxy groups -OCH3 is 1. The summed E-state index contributed by atoms with van der Waals surface area (Å²) < 4.78 is 19.3. The first-order valence-corrected chi connectivity index (χ1v) is 6.38. The zero-order valence-corrected chi connectivity index (χ0v) is 11.4. The van der Waals surface area contributed by atoms with Crippen molar-refractivity contribution in [3.05, 3.63) is 28.5 Å². The molecule has 18 heavy (non-hydrogen) atoms. The molecule has 2 atom stereocenters. The first-order chi connectivity index (χ1) is 8.58. The van der Waals surface area contributed by atoms with E-state index in [2.05, 4.69) is 4.90 Å². The normalized spacial score (nSPS) is 24.5. The summed E-state index contributed by atoms with van der Waals surface area (Å²) in [4.78, 5) is 2.10. The summed E-state index contributed by atoms with van der Waals surface area (Å²) in [5.41, 5.74) is 6.21.